The molecule has 0 bridgehead atoms. The molecule has 3 aromatic heterocycles. The standard InChI is InChI=1S/C20H20F2N6/c1-12-7-13(10-25-19(12)23)16-4-5-17(28-27-16)26-11-20(8-14(21)9-20)18-15(22)3-2-6-24-18/h2-7,10,14H,8-9,11H2,1H3,(H2,23,25)(H,26,28)/t14-,20-. The van der Waals surface area contributed by atoms with Crippen molar-refractivity contribution in [1.29, 1.82) is 0 Å². The molecule has 0 atom stereocenters. The van der Waals surface area contributed by atoms with Crippen LogP contribution in [0.15, 0.2) is 42.7 Å². The Hall–Kier alpha value is -3.16. The smallest absolute Gasteiger partial charge is 0.148 e. The molecule has 6 nitrogen and oxygen atoms in total. The third-order valence-electron chi connectivity index (χ3n) is 5.17. The molecule has 0 unspecified atom stereocenters. The van der Waals surface area contributed by atoms with Gasteiger partial charge < -0.3 is 11.1 Å². The van der Waals surface area contributed by atoms with Crippen LogP contribution in [0.25, 0.3) is 11.3 Å². The largest absolute Gasteiger partial charge is 0.383 e. The van der Waals surface area contributed by atoms with Gasteiger partial charge in [-0.1, -0.05) is 0 Å². The number of aryl methyl sites for hydroxylation is 1. The fraction of sp³-hybridized carbons (Fsp3) is 0.300. The molecule has 144 valence electrons. The molecule has 3 heterocycles. The lowest BCUT2D eigenvalue weighted by molar-refractivity contribution is 0.0964. The van der Waals surface area contributed by atoms with E-state index in [1.54, 1.807) is 12.3 Å². The van der Waals surface area contributed by atoms with Crippen molar-refractivity contribution in [2.24, 2.45) is 0 Å². The molecule has 28 heavy (non-hydrogen) atoms. The first-order valence-corrected chi connectivity index (χ1v) is 9.02. The van der Waals surface area contributed by atoms with E-state index in [1.165, 1.54) is 18.3 Å². The highest BCUT2D eigenvalue weighted by molar-refractivity contribution is 5.61. The SMILES string of the molecule is Cc1cc(-c2ccc(NC[C@]3(c4ncccc4F)C[C@H](F)C3)nn2)cnc1N. The van der Waals surface area contributed by atoms with Crippen LogP contribution in [0, 0.1) is 12.7 Å². The number of nitrogens with two attached hydrogens (primary N) is 1. The van der Waals surface area contributed by atoms with E-state index < -0.39 is 17.4 Å². The zero-order chi connectivity index (χ0) is 19.7. The number of rotatable bonds is 5. The van der Waals surface area contributed by atoms with E-state index in [0.29, 0.717) is 29.6 Å². The Morgan fingerprint density at radius 3 is 2.68 bits per heavy atom. The van der Waals surface area contributed by atoms with Crippen LogP contribution in [-0.2, 0) is 5.41 Å². The highest BCUT2D eigenvalue weighted by atomic mass is 19.1. The second kappa shape index (κ2) is 7.10. The van der Waals surface area contributed by atoms with Gasteiger partial charge in [0.1, 0.15) is 23.6 Å². The highest BCUT2D eigenvalue weighted by Gasteiger charge is 2.48. The Kier molecular flexibility index (Phi) is 4.62. The van der Waals surface area contributed by atoms with Crippen LogP contribution in [0.5, 0.6) is 0 Å². The molecular weight excluding hydrogens is 362 g/mol. The van der Waals surface area contributed by atoms with Crippen molar-refractivity contribution < 1.29 is 8.78 Å². The van der Waals surface area contributed by atoms with Gasteiger partial charge in [-0.15, -0.1) is 10.2 Å². The lowest BCUT2D eigenvalue weighted by atomic mass is 9.65. The second-order valence-electron chi connectivity index (χ2n) is 7.20. The fourth-order valence-corrected chi connectivity index (χ4v) is 3.55. The van der Waals surface area contributed by atoms with Gasteiger partial charge in [0, 0.05) is 29.9 Å². The summed E-state index contributed by atoms with van der Waals surface area (Å²) in [5.74, 6) is 0.597. The van der Waals surface area contributed by atoms with Gasteiger partial charge in [-0.25, -0.2) is 13.8 Å². The van der Waals surface area contributed by atoms with Crippen LogP contribution in [0.4, 0.5) is 20.4 Å². The number of halogens is 2. The second-order valence-corrected chi connectivity index (χ2v) is 7.20. The molecule has 3 N–H and O–H groups in total. The van der Waals surface area contributed by atoms with Gasteiger partial charge in [0.2, 0.25) is 0 Å². The summed E-state index contributed by atoms with van der Waals surface area (Å²) in [6.07, 6.45) is 2.70. The molecule has 3 aromatic rings. The van der Waals surface area contributed by atoms with Crippen LogP contribution in [-0.4, -0.2) is 32.9 Å². The van der Waals surface area contributed by atoms with Gasteiger partial charge in [-0.05, 0) is 55.7 Å². The number of hydrogen-bond acceptors (Lipinski definition) is 6. The summed E-state index contributed by atoms with van der Waals surface area (Å²) >= 11 is 0. The lowest BCUT2D eigenvalue weighted by Gasteiger charge is -2.43. The summed E-state index contributed by atoms with van der Waals surface area (Å²) < 4.78 is 27.8. The van der Waals surface area contributed by atoms with Crippen LogP contribution in [0.1, 0.15) is 24.1 Å². The van der Waals surface area contributed by atoms with Crippen LogP contribution in [0.3, 0.4) is 0 Å². The number of anilines is 2. The monoisotopic (exact) mass is 382 g/mol. The summed E-state index contributed by atoms with van der Waals surface area (Å²) in [6.45, 7) is 2.21. The van der Waals surface area contributed by atoms with Crippen molar-refractivity contribution in [3.63, 3.8) is 0 Å². The minimum Gasteiger partial charge on any atom is -0.383 e. The number of hydrogen-bond donors (Lipinski definition) is 2. The zero-order valence-corrected chi connectivity index (χ0v) is 15.4. The number of alkyl halides is 1. The fourth-order valence-electron chi connectivity index (χ4n) is 3.55. The van der Waals surface area contributed by atoms with Gasteiger partial charge in [0.05, 0.1) is 11.4 Å². The Morgan fingerprint density at radius 2 is 2.04 bits per heavy atom. The first-order valence-electron chi connectivity index (χ1n) is 9.02. The third-order valence-corrected chi connectivity index (χ3v) is 5.17. The molecular formula is C20H20F2N6. The van der Waals surface area contributed by atoms with E-state index in [2.05, 4.69) is 25.5 Å². The van der Waals surface area contributed by atoms with Crippen molar-refractivity contribution in [2.75, 3.05) is 17.6 Å². The van der Waals surface area contributed by atoms with E-state index in [9.17, 15) is 8.78 Å². The third kappa shape index (κ3) is 3.37. The van der Waals surface area contributed by atoms with Gasteiger partial charge >= 0.3 is 0 Å². The van der Waals surface area contributed by atoms with Gasteiger partial charge in [0.15, 0.2) is 0 Å². The molecule has 1 aliphatic carbocycles. The van der Waals surface area contributed by atoms with E-state index >= 15 is 0 Å². The van der Waals surface area contributed by atoms with Crippen LogP contribution >= 0.6 is 0 Å². The molecule has 0 amide bonds. The Bertz CT molecular complexity index is 986. The highest BCUT2D eigenvalue weighted by Crippen LogP contribution is 2.45. The molecule has 1 saturated carbocycles. The first-order chi connectivity index (χ1) is 13.5. The molecule has 0 aliphatic heterocycles. The van der Waals surface area contributed by atoms with Crippen LogP contribution in [0.2, 0.25) is 0 Å². The maximum absolute atomic E-state index is 14.2. The molecule has 0 aromatic carbocycles. The average Bonchev–Trinajstić information content (AvgIpc) is 2.67. The summed E-state index contributed by atoms with van der Waals surface area (Å²) in [5.41, 5.74) is 7.71. The number of nitrogen functional groups attached to an aromatic ring is 1. The summed E-state index contributed by atoms with van der Waals surface area (Å²) in [5, 5.41) is 11.5. The maximum atomic E-state index is 14.2. The van der Waals surface area contributed by atoms with Crippen molar-refractivity contribution in [1.82, 2.24) is 20.2 Å². The normalized spacial score (nSPS) is 21.2. The zero-order valence-electron chi connectivity index (χ0n) is 15.4. The quantitative estimate of drug-likeness (QED) is 0.703. The Balaban J connectivity index is 1.50. The number of pyridine rings is 2. The number of nitrogens with zero attached hydrogens (tertiary/aromatic N) is 4. The average molecular weight is 382 g/mol. The van der Waals surface area contributed by atoms with Crippen molar-refractivity contribution >= 4 is 11.6 Å². The number of nitrogens with one attached hydrogen (secondary N) is 1. The van der Waals surface area contributed by atoms with E-state index in [1.807, 2.05) is 19.1 Å². The molecule has 8 heteroatoms. The molecule has 0 spiro atoms. The van der Waals surface area contributed by atoms with E-state index in [4.69, 9.17) is 5.73 Å². The predicted octanol–water partition coefficient (Wildman–Crippen LogP) is 3.45. The molecule has 0 saturated heterocycles. The van der Waals surface area contributed by atoms with Crippen molar-refractivity contribution in [3.8, 4) is 11.3 Å². The summed E-state index contributed by atoms with van der Waals surface area (Å²) in [6, 6.07) is 8.38. The minimum absolute atomic E-state index is 0.232. The summed E-state index contributed by atoms with van der Waals surface area (Å²) in [4.78, 5) is 8.28. The van der Waals surface area contributed by atoms with Gasteiger partial charge in [-0.2, -0.15) is 0 Å². The molecule has 1 aliphatic rings. The molecule has 1 fully saturated rings. The topological polar surface area (TPSA) is 89.6 Å². The molecule has 0 radical (unpaired) electrons. The van der Waals surface area contributed by atoms with E-state index in [-0.39, 0.29) is 12.8 Å². The predicted molar refractivity (Wildman–Crippen MR) is 103 cm³/mol. The van der Waals surface area contributed by atoms with E-state index in [0.717, 1.165) is 11.1 Å². The number of aromatic nitrogens is 4. The Labute approximate surface area is 161 Å². The minimum atomic E-state index is -0.946. The van der Waals surface area contributed by atoms with Crippen molar-refractivity contribution in [3.05, 3.63) is 59.8 Å². The van der Waals surface area contributed by atoms with Crippen molar-refractivity contribution in [2.45, 2.75) is 31.4 Å². The van der Waals surface area contributed by atoms with Crippen LogP contribution < -0.4 is 11.1 Å². The molecule has 4 rings (SSSR count). The first kappa shape index (κ1) is 18.2. The maximum Gasteiger partial charge on any atom is 0.148 e. The van der Waals surface area contributed by atoms with Gasteiger partial charge in [0.25, 0.3) is 0 Å². The lowest BCUT2D eigenvalue weighted by Crippen LogP contribution is -2.49. The summed E-state index contributed by atoms with van der Waals surface area (Å²) in [7, 11) is 0. The van der Waals surface area contributed by atoms with Gasteiger partial charge in [-0.3, -0.25) is 4.98 Å². The Morgan fingerprint density at radius 1 is 1.21 bits per heavy atom.